The molecule has 0 bridgehead atoms. The maximum absolute atomic E-state index is 12.6. The van der Waals surface area contributed by atoms with Crippen LogP contribution in [0.25, 0.3) is 0 Å². The Balaban J connectivity index is 1.60. The molecule has 1 unspecified atom stereocenters. The van der Waals surface area contributed by atoms with Crippen LogP contribution in [0.2, 0.25) is 0 Å². The lowest BCUT2D eigenvalue weighted by molar-refractivity contribution is -0.121. The fraction of sp³-hybridized carbons (Fsp3) is 0.440. The third kappa shape index (κ3) is 5.48. The van der Waals surface area contributed by atoms with Gasteiger partial charge >= 0.3 is 0 Å². The molecule has 1 heterocycles. The van der Waals surface area contributed by atoms with Gasteiger partial charge in [0.05, 0.1) is 13.2 Å². The van der Waals surface area contributed by atoms with E-state index < -0.39 is 0 Å². The first-order valence-corrected chi connectivity index (χ1v) is 10.7. The van der Waals surface area contributed by atoms with Crippen LogP contribution in [0.4, 0.5) is 0 Å². The maximum Gasteiger partial charge on any atom is 0.220 e. The SMILES string of the molecule is COc1ccccc1C(CNC(=O)CCC(=O)c1cc(C)ccc1C)N1CCCC1. The number of para-hydroxylation sites is 1. The monoisotopic (exact) mass is 408 g/mol. The standard InChI is InChI=1S/C25H32N2O3/c1-18-10-11-19(2)21(16-18)23(28)12-13-25(29)26-17-22(27-14-6-7-15-27)20-8-4-5-9-24(20)30-3/h4-5,8-11,16,22H,6-7,12-15,17H2,1-3H3,(H,26,29). The number of hydrogen-bond donors (Lipinski definition) is 1. The summed E-state index contributed by atoms with van der Waals surface area (Å²) in [5.74, 6) is 0.772. The molecular weight excluding hydrogens is 376 g/mol. The van der Waals surface area contributed by atoms with E-state index in [2.05, 4.69) is 16.3 Å². The second-order valence-corrected chi connectivity index (χ2v) is 8.05. The summed E-state index contributed by atoms with van der Waals surface area (Å²) < 4.78 is 5.56. The Labute approximate surface area is 179 Å². The minimum absolute atomic E-state index is 0.0205. The van der Waals surface area contributed by atoms with Crippen LogP contribution in [0.15, 0.2) is 42.5 Å². The summed E-state index contributed by atoms with van der Waals surface area (Å²) in [6.07, 6.45) is 2.76. The number of likely N-dealkylation sites (tertiary alicyclic amines) is 1. The third-order valence-corrected chi connectivity index (χ3v) is 5.84. The topological polar surface area (TPSA) is 58.6 Å². The number of nitrogens with one attached hydrogen (secondary N) is 1. The maximum atomic E-state index is 12.6. The summed E-state index contributed by atoms with van der Waals surface area (Å²) in [7, 11) is 1.68. The third-order valence-electron chi connectivity index (χ3n) is 5.84. The molecule has 0 aliphatic carbocycles. The van der Waals surface area contributed by atoms with Crippen LogP contribution in [0.1, 0.15) is 58.8 Å². The highest BCUT2D eigenvalue weighted by Gasteiger charge is 2.26. The number of ketones is 1. The van der Waals surface area contributed by atoms with Crippen molar-refractivity contribution in [2.24, 2.45) is 0 Å². The van der Waals surface area contributed by atoms with E-state index in [4.69, 9.17) is 4.74 Å². The molecule has 5 heteroatoms. The van der Waals surface area contributed by atoms with Crippen molar-refractivity contribution >= 4 is 11.7 Å². The van der Waals surface area contributed by atoms with Crippen LogP contribution in [0, 0.1) is 13.8 Å². The molecule has 2 aromatic carbocycles. The van der Waals surface area contributed by atoms with Gasteiger partial charge in [-0.15, -0.1) is 0 Å². The highest BCUT2D eigenvalue weighted by Crippen LogP contribution is 2.31. The molecule has 0 radical (unpaired) electrons. The highest BCUT2D eigenvalue weighted by atomic mass is 16.5. The minimum Gasteiger partial charge on any atom is -0.496 e. The van der Waals surface area contributed by atoms with Crippen molar-refractivity contribution < 1.29 is 14.3 Å². The van der Waals surface area contributed by atoms with Gasteiger partial charge in [0.1, 0.15) is 5.75 Å². The van der Waals surface area contributed by atoms with E-state index in [0.717, 1.165) is 35.5 Å². The van der Waals surface area contributed by atoms with Gasteiger partial charge < -0.3 is 10.1 Å². The quantitative estimate of drug-likeness (QED) is 0.631. The molecule has 1 amide bonds. The van der Waals surface area contributed by atoms with E-state index in [0.29, 0.717) is 12.1 Å². The molecule has 0 spiro atoms. The van der Waals surface area contributed by atoms with E-state index in [1.807, 2.05) is 50.2 Å². The Kier molecular flexibility index (Phi) is 7.63. The lowest BCUT2D eigenvalue weighted by Gasteiger charge is -2.29. The van der Waals surface area contributed by atoms with Gasteiger partial charge in [0.2, 0.25) is 5.91 Å². The van der Waals surface area contributed by atoms with E-state index in [1.54, 1.807) is 7.11 Å². The van der Waals surface area contributed by atoms with Gasteiger partial charge in [-0.1, -0.05) is 35.9 Å². The van der Waals surface area contributed by atoms with Crippen molar-refractivity contribution in [3.8, 4) is 5.75 Å². The number of carbonyl (C=O) groups excluding carboxylic acids is 2. The van der Waals surface area contributed by atoms with Crippen LogP contribution >= 0.6 is 0 Å². The lowest BCUT2D eigenvalue weighted by atomic mass is 9.99. The molecule has 2 aromatic rings. The minimum atomic E-state index is -0.0900. The largest absolute Gasteiger partial charge is 0.496 e. The van der Waals surface area contributed by atoms with Crippen LogP contribution in [0.5, 0.6) is 5.75 Å². The molecule has 1 aliphatic heterocycles. The molecule has 1 atom stereocenters. The number of nitrogens with zero attached hydrogens (tertiary/aromatic N) is 1. The zero-order chi connectivity index (χ0) is 21.5. The first kappa shape index (κ1) is 22.0. The van der Waals surface area contributed by atoms with Gasteiger partial charge in [-0.3, -0.25) is 14.5 Å². The molecule has 1 aliphatic rings. The zero-order valence-electron chi connectivity index (χ0n) is 18.2. The van der Waals surface area contributed by atoms with Crippen molar-refractivity contribution in [2.45, 2.75) is 45.6 Å². The number of carbonyl (C=O) groups is 2. The van der Waals surface area contributed by atoms with E-state index >= 15 is 0 Å². The van der Waals surface area contributed by atoms with Crippen molar-refractivity contribution in [3.63, 3.8) is 0 Å². The summed E-state index contributed by atoms with van der Waals surface area (Å²) in [5, 5.41) is 3.05. The molecular formula is C25H32N2O3. The Morgan fingerprint density at radius 3 is 2.53 bits per heavy atom. The summed E-state index contributed by atoms with van der Waals surface area (Å²) in [6, 6.07) is 13.9. The van der Waals surface area contributed by atoms with Crippen molar-refractivity contribution in [2.75, 3.05) is 26.7 Å². The van der Waals surface area contributed by atoms with Crippen LogP contribution in [-0.2, 0) is 4.79 Å². The number of aryl methyl sites for hydroxylation is 2. The fourth-order valence-electron chi connectivity index (χ4n) is 4.13. The van der Waals surface area contributed by atoms with Gasteiger partial charge in [0.25, 0.3) is 0 Å². The number of methoxy groups -OCH3 is 1. The number of amides is 1. The van der Waals surface area contributed by atoms with Gasteiger partial charge in [-0.05, 0) is 57.5 Å². The fourth-order valence-corrected chi connectivity index (χ4v) is 4.13. The summed E-state index contributed by atoms with van der Waals surface area (Å²) in [5.41, 5.74) is 3.82. The molecule has 3 rings (SSSR count). The molecule has 160 valence electrons. The molecule has 0 aromatic heterocycles. The predicted molar refractivity (Wildman–Crippen MR) is 119 cm³/mol. The predicted octanol–water partition coefficient (Wildman–Crippen LogP) is 4.23. The van der Waals surface area contributed by atoms with Gasteiger partial charge in [0, 0.05) is 30.5 Å². The summed E-state index contributed by atoms with van der Waals surface area (Å²) >= 11 is 0. The average Bonchev–Trinajstić information content (AvgIpc) is 3.28. The first-order valence-electron chi connectivity index (χ1n) is 10.7. The zero-order valence-corrected chi connectivity index (χ0v) is 18.2. The summed E-state index contributed by atoms with van der Waals surface area (Å²) in [6.45, 7) is 6.45. The van der Waals surface area contributed by atoms with Crippen molar-refractivity contribution in [3.05, 3.63) is 64.7 Å². The van der Waals surface area contributed by atoms with Crippen LogP contribution in [0.3, 0.4) is 0 Å². The Bertz CT molecular complexity index is 888. The van der Waals surface area contributed by atoms with E-state index in [1.165, 1.54) is 12.8 Å². The number of Topliss-reactive ketones (excluding diaryl/α,β-unsaturated/α-hetero) is 1. The lowest BCUT2D eigenvalue weighted by Crippen LogP contribution is -2.37. The number of rotatable bonds is 9. The second kappa shape index (κ2) is 10.4. The number of hydrogen-bond acceptors (Lipinski definition) is 4. The molecule has 1 saturated heterocycles. The Hall–Kier alpha value is -2.66. The molecule has 1 fully saturated rings. The number of benzene rings is 2. The Morgan fingerprint density at radius 2 is 1.80 bits per heavy atom. The molecule has 30 heavy (non-hydrogen) atoms. The van der Waals surface area contributed by atoms with Gasteiger partial charge in [0.15, 0.2) is 5.78 Å². The molecule has 5 nitrogen and oxygen atoms in total. The first-order chi connectivity index (χ1) is 14.5. The molecule has 0 saturated carbocycles. The summed E-state index contributed by atoms with van der Waals surface area (Å²) in [4.78, 5) is 27.5. The van der Waals surface area contributed by atoms with Crippen LogP contribution < -0.4 is 10.1 Å². The molecule has 1 N–H and O–H groups in total. The number of ether oxygens (including phenoxy) is 1. The van der Waals surface area contributed by atoms with E-state index in [-0.39, 0.29) is 30.6 Å². The van der Waals surface area contributed by atoms with Crippen molar-refractivity contribution in [1.82, 2.24) is 10.2 Å². The smallest absolute Gasteiger partial charge is 0.220 e. The van der Waals surface area contributed by atoms with Crippen molar-refractivity contribution in [1.29, 1.82) is 0 Å². The second-order valence-electron chi connectivity index (χ2n) is 8.05. The Morgan fingerprint density at radius 1 is 1.07 bits per heavy atom. The highest BCUT2D eigenvalue weighted by molar-refractivity contribution is 5.99. The van der Waals surface area contributed by atoms with E-state index in [9.17, 15) is 9.59 Å². The average molecular weight is 409 g/mol. The van der Waals surface area contributed by atoms with Gasteiger partial charge in [-0.2, -0.15) is 0 Å². The van der Waals surface area contributed by atoms with Gasteiger partial charge in [-0.25, -0.2) is 0 Å². The van der Waals surface area contributed by atoms with Crippen LogP contribution in [-0.4, -0.2) is 43.3 Å². The normalized spacial score (nSPS) is 15.0.